The van der Waals surface area contributed by atoms with Gasteiger partial charge in [0.25, 0.3) is 5.91 Å². The minimum atomic E-state index is -4.65. The van der Waals surface area contributed by atoms with Crippen molar-refractivity contribution in [2.75, 3.05) is 30.0 Å². The average molecular weight is 554 g/mol. The minimum absolute atomic E-state index is 0.0244. The number of pyridine rings is 2. The summed E-state index contributed by atoms with van der Waals surface area (Å²) >= 11 is 0. The van der Waals surface area contributed by atoms with Crippen molar-refractivity contribution in [2.24, 2.45) is 5.41 Å². The number of amides is 2. The molecule has 40 heavy (non-hydrogen) atoms. The number of benzene rings is 1. The molecule has 0 aliphatic carbocycles. The Morgan fingerprint density at radius 1 is 1.12 bits per heavy atom. The van der Waals surface area contributed by atoms with Crippen LogP contribution in [0.5, 0.6) is 0 Å². The largest absolute Gasteiger partial charge is 0.433 e. The third kappa shape index (κ3) is 5.13. The van der Waals surface area contributed by atoms with E-state index in [-0.39, 0.29) is 29.0 Å². The SMILES string of the molecule is CC(=O)N[C@H]1c2ncc(-c3cc(NC(=O)c4ccnc(C(F)(F)F)c4)ccc3C)cc2N2CCOC[C@H]2C1(C)C. The number of alkyl halides is 3. The fourth-order valence-electron chi connectivity index (χ4n) is 5.52. The Morgan fingerprint density at radius 2 is 1.90 bits per heavy atom. The van der Waals surface area contributed by atoms with Crippen molar-refractivity contribution in [3.63, 3.8) is 0 Å². The molecule has 1 aromatic carbocycles. The van der Waals surface area contributed by atoms with E-state index in [2.05, 4.69) is 34.4 Å². The summed E-state index contributed by atoms with van der Waals surface area (Å²) in [4.78, 5) is 35.3. The molecule has 8 nitrogen and oxygen atoms in total. The molecule has 2 amide bonds. The van der Waals surface area contributed by atoms with Crippen LogP contribution >= 0.6 is 0 Å². The van der Waals surface area contributed by atoms with Gasteiger partial charge in [0, 0.05) is 48.1 Å². The van der Waals surface area contributed by atoms with Gasteiger partial charge in [-0.1, -0.05) is 19.9 Å². The molecule has 1 fully saturated rings. The second kappa shape index (κ2) is 10.2. The Bertz CT molecular complexity index is 1470. The Hall–Kier alpha value is -3.99. The topological polar surface area (TPSA) is 96.5 Å². The monoisotopic (exact) mass is 553 g/mol. The van der Waals surface area contributed by atoms with Gasteiger partial charge in [-0.25, -0.2) is 0 Å². The highest BCUT2D eigenvalue weighted by molar-refractivity contribution is 6.04. The maximum absolute atomic E-state index is 13.1. The lowest BCUT2D eigenvalue weighted by molar-refractivity contribution is -0.141. The molecule has 0 radical (unpaired) electrons. The summed E-state index contributed by atoms with van der Waals surface area (Å²) in [6, 6.07) is 9.01. The number of aryl methyl sites for hydroxylation is 1. The summed E-state index contributed by atoms with van der Waals surface area (Å²) < 4.78 is 45.0. The number of nitrogens with one attached hydrogen (secondary N) is 2. The van der Waals surface area contributed by atoms with Crippen LogP contribution < -0.4 is 15.5 Å². The number of morpholine rings is 1. The van der Waals surface area contributed by atoms with Crippen LogP contribution in [-0.4, -0.2) is 47.6 Å². The first kappa shape index (κ1) is 27.6. The minimum Gasteiger partial charge on any atom is -0.377 e. The normalized spacial score (nSPS) is 19.8. The van der Waals surface area contributed by atoms with E-state index in [4.69, 9.17) is 9.72 Å². The van der Waals surface area contributed by atoms with Gasteiger partial charge in [-0.05, 0) is 48.4 Å². The third-order valence-corrected chi connectivity index (χ3v) is 7.68. The van der Waals surface area contributed by atoms with Gasteiger partial charge in [-0.2, -0.15) is 13.2 Å². The number of anilines is 2. The van der Waals surface area contributed by atoms with E-state index in [9.17, 15) is 22.8 Å². The number of hydrogen-bond donors (Lipinski definition) is 2. The van der Waals surface area contributed by atoms with E-state index >= 15 is 0 Å². The van der Waals surface area contributed by atoms with Gasteiger partial charge >= 0.3 is 6.18 Å². The molecule has 2 aliphatic rings. The van der Waals surface area contributed by atoms with Crippen LogP contribution in [0.15, 0.2) is 48.8 Å². The molecule has 2 aromatic heterocycles. The number of carbonyl (C=O) groups is 2. The summed E-state index contributed by atoms with van der Waals surface area (Å²) in [6.07, 6.45) is -1.94. The van der Waals surface area contributed by atoms with Gasteiger partial charge < -0.3 is 20.3 Å². The molecule has 5 rings (SSSR count). The molecule has 2 aliphatic heterocycles. The molecule has 2 atom stereocenters. The summed E-state index contributed by atoms with van der Waals surface area (Å²) in [7, 11) is 0. The summed E-state index contributed by atoms with van der Waals surface area (Å²) in [5.74, 6) is -0.821. The molecule has 0 spiro atoms. The number of halogens is 3. The zero-order valence-corrected chi connectivity index (χ0v) is 22.6. The number of nitrogens with zero attached hydrogens (tertiary/aromatic N) is 3. The third-order valence-electron chi connectivity index (χ3n) is 7.68. The Morgan fingerprint density at radius 3 is 2.62 bits per heavy atom. The molecule has 1 saturated heterocycles. The highest BCUT2D eigenvalue weighted by atomic mass is 19.4. The quantitative estimate of drug-likeness (QED) is 0.464. The molecule has 11 heteroatoms. The maximum atomic E-state index is 13.1. The van der Waals surface area contributed by atoms with Gasteiger partial charge in [-0.3, -0.25) is 19.6 Å². The maximum Gasteiger partial charge on any atom is 0.433 e. The standard InChI is InChI=1S/C29H30F3N5O3/c1-16-5-6-20(36-27(39)18-7-8-33-23(12-18)29(30,31)32)13-21(16)19-11-22-25(34-14-19)26(35-17(2)38)28(3,4)24-15-40-10-9-37(22)24/h5-8,11-14,24,26H,9-10,15H2,1-4H3,(H,35,38)(H,36,39)/t24-,26-/m0/s1. The fourth-order valence-corrected chi connectivity index (χ4v) is 5.52. The first-order valence-corrected chi connectivity index (χ1v) is 12.9. The highest BCUT2D eigenvalue weighted by Crippen LogP contribution is 2.49. The van der Waals surface area contributed by atoms with Gasteiger partial charge in [0.1, 0.15) is 5.69 Å². The molecule has 2 N–H and O–H groups in total. The van der Waals surface area contributed by atoms with Crippen LogP contribution in [0.1, 0.15) is 54.1 Å². The number of rotatable bonds is 4. The number of ether oxygens (including phenoxy) is 1. The van der Waals surface area contributed by atoms with Crippen LogP contribution in [0.3, 0.4) is 0 Å². The van der Waals surface area contributed by atoms with Gasteiger partial charge in [0.15, 0.2) is 0 Å². The van der Waals surface area contributed by atoms with Crippen molar-refractivity contribution >= 4 is 23.2 Å². The van der Waals surface area contributed by atoms with E-state index < -0.39 is 17.8 Å². The van der Waals surface area contributed by atoms with Crippen molar-refractivity contribution in [3.8, 4) is 11.1 Å². The second-order valence-corrected chi connectivity index (χ2v) is 10.8. The van der Waals surface area contributed by atoms with E-state index in [0.29, 0.717) is 25.4 Å². The zero-order valence-electron chi connectivity index (χ0n) is 22.6. The van der Waals surface area contributed by atoms with E-state index in [1.54, 1.807) is 18.3 Å². The van der Waals surface area contributed by atoms with E-state index in [0.717, 1.165) is 40.3 Å². The fraction of sp³-hybridized carbons (Fsp3) is 0.379. The van der Waals surface area contributed by atoms with Crippen LogP contribution in [0.4, 0.5) is 24.5 Å². The predicted molar refractivity (Wildman–Crippen MR) is 144 cm³/mol. The molecular weight excluding hydrogens is 523 g/mol. The van der Waals surface area contributed by atoms with Crippen LogP contribution in [0.25, 0.3) is 11.1 Å². The highest BCUT2D eigenvalue weighted by Gasteiger charge is 2.49. The smallest absolute Gasteiger partial charge is 0.377 e. The predicted octanol–water partition coefficient (Wildman–Crippen LogP) is 5.15. The lowest BCUT2D eigenvalue weighted by Crippen LogP contribution is -2.60. The van der Waals surface area contributed by atoms with Crippen molar-refractivity contribution in [1.82, 2.24) is 15.3 Å². The van der Waals surface area contributed by atoms with Crippen LogP contribution in [0, 0.1) is 12.3 Å². The van der Waals surface area contributed by atoms with E-state index in [1.807, 2.05) is 19.1 Å². The molecule has 3 aromatic rings. The summed E-state index contributed by atoms with van der Waals surface area (Å²) in [5.41, 5.74) is 3.04. The molecule has 4 heterocycles. The summed E-state index contributed by atoms with van der Waals surface area (Å²) in [6.45, 7) is 9.42. The molecular formula is C29H30F3N5O3. The van der Waals surface area contributed by atoms with Crippen molar-refractivity contribution in [3.05, 3.63) is 71.3 Å². The summed E-state index contributed by atoms with van der Waals surface area (Å²) in [5, 5.41) is 5.78. The van der Waals surface area contributed by atoms with E-state index in [1.165, 1.54) is 13.0 Å². The first-order valence-electron chi connectivity index (χ1n) is 12.9. The molecule has 0 bridgehead atoms. The van der Waals surface area contributed by atoms with Crippen LogP contribution in [0.2, 0.25) is 0 Å². The molecule has 0 saturated carbocycles. The zero-order chi connectivity index (χ0) is 28.8. The molecule has 210 valence electrons. The van der Waals surface area contributed by atoms with Crippen molar-refractivity contribution < 1.29 is 27.5 Å². The molecule has 0 unspecified atom stereocenters. The second-order valence-electron chi connectivity index (χ2n) is 10.8. The first-order chi connectivity index (χ1) is 18.9. The Labute approximate surface area is 230 Å². The average Bonchev–Trinajstić information content (AvgIpc) is 2.91. The van der Waals surface area contributed by atoms with Crippen molar-refractivity contribution in [2.45, 2.75) is 46.0 Å². The van der Waals surface area contributed by atoms with Crippen LogP contribution in [-0.2, 0) is 15.7 Å². The number of aromatic nitrogens is 2. The van der Waals surface area contributed by atoms with Gasteiger partial charge in [-0.15, -0.1) is 0 Å². The van der Waals surface area contributed by atoms with Gasteiger partial charge in [0.05, 0.1) is 36.7 Å². The number of fused-ring (bicyclic) bond motifs is 3. The lowest BCUT2D eigenvalue weighted by atomic mass is 9.71. The Balaban J connectivity index is 1.49. The Kier molecular flexibility index (Phi) is 7.03. The number of carbonyl (C=O) groups excluding carboxylic acids is 2. The van der Waals surface area contributed by atoms with Gasteiger partial charge in [0.2, 0.25) is 5.91 Å². The van der Waals surface area contributed by atoms with Crippen molar-refractivity contribution in [1.29, 1.82) is 0 Å². The number of hydrogen-bond acceptors (Lipinski definition) is 6. The lowest BCUT2D eigenvalue weighted by Gasteiger charge is -2.53.